The molecule has 0 radical (unpaired) electrons. The maximum absolute atomic E-state index is 13.3. The molecule has 2 heterocycles. The van der Waals surface area contributed by atoms with Gasteiger partial charge in [0.05, 0.1) is 15.8 Å². The van der Waals surface area contributed by atoms with E-state index in [2.05, 4.69) is 0 Å². The average Bonchev–Trinajstić information content (AvgIpc) is 3.37. The maximum Gasteiger partial charge on any atom is 0.331 e. The van der Waals surface area contributed by atoms with E-state index in [0.717, 1.165) is 49.5 Å². The summed E-state index contributed by atoms with van der Waals surface area (Å²) in [5.74, 6) is -0.0769. The number of hydrogen-bond acceptors (Lipinski definition) is 5. The molecule has 4 rings (SSSR count). The zero-order valence-corrected chi connectivity index (χ0v) is 20.1. The number of amides is 1. The summed E-state index contributed by atoms with van der Waals surface area (Å²) in [4.78, 5) is 40.2. The molecule has 33 heavy (non-hydrogen) atoms. The Kier molecular flexibility index (Phi) is 6.76. The van der Waals surface area contributed by atoms with Crippen molar-refractivity contribution in [3.05, 3.63) is 39.0 Å². The SMILES string of the molecule is CN(C1CCCCC1)S(=O)(=O)c1ccc2c(c1)c(=O)n(CCC(=O)N1CCCC1)c(=O)n2C. The molecule has 0 N–H and O–H groups in total. The van der Waals surface area contributed by atoms with Crippen LogP contribution in [0.2, 0.25) is 0 Å². The van der Waals surface area contributed by atoms with Crippen LogP contribution in [0.5, 0.6) is 0 Å². The smallest absolute Gasteiger partial charge is 0.331 e. The molecule has 0 unspecified atom stereocenters. The van der Waals surface area contributed by atoms with E-state index in [1.807, 2.05) is 0 Å². The van der Waals surface area contributed by atoms with Gasteiger partial charge in [-0.05, 0) is 43.9 Å². The van der Waals surface area contributed by atoms with Gasteiger partial charge in [-0.2, -0.15) is 4.31 Å². The Bertz CT molecular complexity index is 1270. The van der Waals surface area contributed by atoms with E-state index in [4.69, 9.17) is 0 Å². The van der Waals surface area contributed by atoms with Gasteiger partial charge in [-0.25, -0.2) is 13.2 Å². The number of aromatic nitrogens is 2. The Morgan fingerprint density at radius 2 is 1.73 bits per heavy atom. The van der Waals surface area contributed by atoms with Crippen molar-refractivity contribution in [2.45, 2.75) is 68.8 Å². The second-order valence-corrected chi connectivity index (χ2v) is 11.1. The number of rotatable bonds is 6. The summed E-state index contributed by atoms with van der Waals surface area (Å²) < 4.78 is 30.4. The van der Waals surface area contributed by atoms with E-state index in [1.165, 1.54) is 27.1 Å². The van der Waals surface area contributed by atoms with Crippen LogP contribution in [0.1, 0.15) is 51.4 Å². The predicted octanol–water partition coefficient (Wildman–Crippen LogP) is 1.67. The van der Waals surface area contributed by atoms with Gasteiger partial charge in [0, 0.05) is 46.2 Å². The van der Waals surface area contributed by atoms with Crippen LogP contribution in [0, 0.1) is 0 Å². The predicted molar refractivity (Wildman–Crippen MR) is 126 cm³/mol. The lowest BCUT2D eigenvalue weighted by atomic mass is 9.96. The first-order valence-corrected chi connectivity index (χ1v) is 13.1. The topological polar surface area (TPSA) is 102 Å². The van der Waals surface area contributed by atoms with Crippen molar-refractivity contribution in [2.24, 2.45) is 7.05 Å². The Hall–Kier alpha value is -2.46. The molecule has 9 nitrogen and oxygen atoms in total. The maximum atomic E-state index is 13.3. The van der Waals surface area contributed by atoms with Crippen molar-refractivity contribution in [3.63, 3.8) is 0 Å². The van der Waals surface area contributed by atoms with Gasteiger partial charge in [-0.3, -0.25) is 18.7 Å². The Labute approximate surface area is 193 Å². The number of hydrogen-bond donors (Lipinski definition) is 0. The molecule has 1 aromatic heterocycles. The normalized spacial score (nSPS) is 17.8. The van der Waals surface area contributed by atoms with E-state index in [9.17, 15) is 22.8 Å². The highest BCUT2D eigenvalue weighted by Crippen LogP contribution is 2.27. The van der Waals surface area contributed by atoms with Gasteiger partial charge >= 0.3 is 5.69 Å². The summed E-state index contributed by atoms with van der Waals surface area (Å²) in [5.41, 5.74) is -0.720. The first-order valence-electron chi connectivity index (χ1n) is 11.7. The van der Waals surface area contributed by atoms with Crippen LogP contribution in [-0.4, -0.2) is 58.8 Å². The number of fused-ring (bicyclic) bond motifs is 1. The van der Waals surface area contributed by atoms with Gasteiger partial charge in [-0.1, -0.05) is 19.3 Å². The third kappa shape index (κ3) is 4.50. The lowest BCUT2D eigenvalue weighted by Gasteiger charge is -2.30. The quantitative estimate of drug-likeness (QED) is 0.631. The van der Waals surface area contributed by atoms with E-state index in [1.54, 1.807) is 19.0 Å². The molecule has 2 fully saturated rings. The fourth-order valence-electron chi connectivity index (χ4n) is 4.99. The monoisotopic (exact) mass is 476 g/mol. The molecule has 2 aliphatic rings. The van der Waals surface area contributed by atoms with Gasteiger partial charge in [-0.15, -0.1) is 0 Å². The number of sulfonamides is 1. The van der Waals surface area contributed by atoms with E-state index in [0.29, 0.717) is 18.6 Å². The third-order valence-electron chi connectivity index (χ3n) is 7.10. The third-order valence-corrected chi connectivity index (χ3v) is 9.00. The Balaban J connectivity index is 1.68. The van der Waals surface area contributed by atoms with Crippen molar-refractivity contribution in [3.8, 4) is 0 Å². The lowest BCUT2D eigenvalue weighted by molar-refractivity contribution is -0.130. The summed E-state index contributed by atoms with van der Waals surface area (Å²) in [6.07, 6.45) is 6.78. The van der Waals surface area contributed by atoms with Gasteiger partial charge in [0.1, 0.15) is 0 Å². The van der Waals surface area contributed by atoms with Crippen LogP contribution < -0.4 is 11.2 Å². The van der Waals surface area contributed by atoms with Crippen LogP contribution >= 0.6 is 0 Å². The largest absolute Gasteiger partial charge is 0.343 e. The molecule has 1 saturated heterocycles. The van der Waals surface area contributed by atoms with Crippen molar-refractivity contribution in [2.75, 3.05) is 20.1 Å². The molecule has 1 saturated carbocycles. The Morgan fingerprint density at radius 3 is 2.39 bits per heavy atom. The summed E-state index contributed by atoms with van der Waals surface area (Å²) in [6, 6.07) is 4.29. The molecule has 2 aromatic rings. The standard InChI is InChI=1S/C23H32N4O5S/c1-24-20-11-10-18(33(31,32)25(2)17-8-4-3-5-9-17)16-19(20)22(29)27(23(24)30)15-12-21(28)26-13-6-7-14-26/h10-11,16-17H,3-9,12-15H2,1-2H3. The number of nitrogens with zero attached hydrogens (tertiary/aromatic N) is 4. The van der Waals surface area contributed by atoms with Crippen LogP contribution in [0.4, 0.5) is 0 Å². The lowest BCUT2D eigenvalue weighted by Crippen LogP contribution is -2.41. The molecule has 180 valence electrons. The summed E-state index contributed by atoms with van der Waals surface area (Å²) in [6.45, 7) is 1.38. The summed E-state index contributed by atoms with van der Waals surface area (Å²) in [5, 5.41) is 0.156. The minimum Gasteiger partial charge on any atom is -0.343 e. The molecule has 1 aliphatic carbocycles. The van der Waals surface area contributed by atoms with Crippen LogP contribution in [-0.2, 0) is 28.4 Å². The van der Waals surface area contributed by atoms with E-state index >= 15 is 0 Å². The van der Waals surface area contributed by atoms with Crippen molar-refractivity contribution < 1.29 is 13.2 Å². The fourth-order valence-corrected chi connectivity index (χ4v) is 6.43. The number of carbonyl (C=O) groups is 1. The summed E-state index contributed by atoms with van der Waals surface area (Å²) in [7, 11) is -0.640. The Morgan fingerprint density at radius 1 is 1.06 bits per heavy atom. The number of likely N-dealkylation sites (tertiary alicyclic amines) is 1. The molecule has 10 heteroatoms. The number of benzene rings is 1. The van der Waals surface area contributed by atoms with Crippen LogP contribution in [0.3, 0.4) is 0 Å². The molecule has 0 spiro atoms. The molecule has 1 aromatic carbocycles. The molecular weight excluding hydrogens is 444 g/mol. The van der Waals surface area contributed by atoms with Crippen molar-refractivity contribution in [1.29, 1.82) is 0 Å². The van der Waals surface area contributed by atoms with Crippen LogP contribution in [0.25, 0.3) is 10.9 Å². The van der Waals surface area contributed by atoms with Gasteiger partial charge in [0.25, 0.3) is 5.56 Å². The van der Waals surface area contributed by atoms with Crippen molar-refractivity contribution in [1.82, 2.24) is 18.3 Å². The van der Waals surface area contributed by atoms with E-state index < -0.39 is 21.3 Å². The highest BCUT2D eigenvalue weighted by Gasteiger charge is 2.29. The first-order chi connectivity index (χ1) is 15.7. The second kappa shape index (κ2) is 9.42. The fraction of sp³-hybridized carbons (Fsp3) is 0.609. The average molecular weight is 477 g/mol. The minimum atomic E-state index is -3.78. The number of aryl methyl sites for hydroxylation is 1. The van der Waals surface area contributed by atoms with Crippen LogP contribution in [0.15, 0.2) is 32.7 Å². The zero-order valence-electron chi connectivity index (χ0n) is 19.3. The second-order valence-electron chi connectivity index (χ2n) is 9.13. The molecule has 0 bridgehead atoms. The van der Waals surface area contributed by atoms with Crippen molar-refractivity contribution >= 4 is 26.8 Å². The van der Waals surface area contributed by atoms with Gasteiger partial charge in [0.15, 0.2) is 0 Å². The van der Waals surface area contributed by atoms with Gasteiger partial charge < -0.3 is 4.90 Å². The molecule has 1 aliphatic heterocycles. The first kappa shape index (κ1) is 23.7. The zero-order chi connectivity index (χ0) is 23.8. The molecule has 1 amide bonds. The molecule has 0 atom stereocenters. The highest BCUT2D eigenvalue weighted by molar-refractivity contribution is 7.89. The van der Waals surface area contributed by atoms with Gasteiger partial charge in [0.2, 0.25) is 15.9 Å². The highest BCUT2D eigenvalue weighted by atomic mass is 32.2. The minimum absolute atomic E-state index is 0.0320. The van der Waals surface area contributed by atoms with E-state index in [-0.39, 0.29) is 35.2 Å². The summed E-state index contributed by atoms with van der Waals surface area (Å²) >= 11 is 0. The molecular formula is C23H32N4O5S. The number of carbonyl (C=O) groups excluding carboxylic acids is 1.